The number of aromatic nitrogens is 1. The van der Waals surface area contributed by atoms with Crippen LogP contribution in [0.3, 0.4) is 0 Å². The summed E-state index contributed by atoms with van der Waals surface area (Å²) in [5, 5.41) is 7.53. The van der Waals surface area contributed by atoms with Gasteiger partial charge in [0, 0.05) is 27.6 Å². The number of nitrogens with zero attached hydrogens (tertiary/aromatic N) is 2. The summed E-state index contributed by atoms with van der Waals surface area (Å²) in [4.78, 5) is 4.55. The summed E-state index contributed by atoms with van der Waals surface area (Å²) in [5.41, 5.74) is 5.68. The largest absolute Gasteiger partial charge is 0.493 e. The zero-order valence-electron chi connectivity index (χ0n) is 15.1. The number of methoxy groups -OCH3 is 1. The van der Waals surface area contributed by atoms with Crippen molar-refractivity contribution in [3.8, 4) is 22.8 Å². The molecule has 0 amide bonds. The van der Waals surface area contributed by atoms with Gasteiger partial charge in [-0.05, 0) is 12.5 Å². The van der Waals surface area contributed by atoms with Crippen molar-refractivity contribution < 1.29 is 9.47 Å². The highest BCUT2D eigenvalue weighted by atomic mass is 35.5. The third kappa shape index (κ3) is 4.99. The standard InChI is InChI=1S/C20H20ClN3O2S/c1-3-9-26-19-15(10-16(21)11-18(19)25-2)12-22-24-20-23-17(13-27-20)14-7-5-4-6-8-14/h4-8,10-13H,3,9H2,1-2H3,(H,23,24). The van der Waals surface area contributed by atoms with Crippen LogP contribution < -0.4 is 14.9 Å². The molecular weight excluding hydrogens is 382 g/mol. The Labute approximate surface area is 167 Å². The van der Waals surface area contributed by atoms with Crippen molar-refractivity contribution in [2.24, 2.45) is 5.10 Å². The van der Waals surface area contributed by atoms with Crippen LogP contribution in [0, 0.1) is 0 Å². The van der Waals surface area contributed by atoms with Crippen LogP contribution >= 0.6 is 22.9 Å². The molecule has 27 heavy (non-hydrogen) atoms. The van der Waals surface area contributed by atoms with Gasteiger partial charge in [0.2, 0.25) is 5.13 Å². The number of hydrogen-bond donors (Lipinski definition) is 1. The first kappa shape index (κ1) is 19.2. The van der Waals surface area contributed by atoms with Gasteiger partial charge in [-0.3, -0.25) is 5.43 Å². The highest BCUT2D eigenvalue weighted by Gasteiger charge is 2.12. The van der Waals surface area contributed by atoms with E-state index < -0.39 is 0 Å². The minimum atomic E-state index is 0.553. The molecule has 140 valence electrons. The Morgan fingerprint density at radius 3 is 2.81 bits per heavy atom. The summed E-state index contributed by atoms with van der Waals surface area (Å²) in [6.07, 6.45) is 2.55. The number of hydrogen-bond acceptors (Lipinski definition) is 6. The van der Waals surface area contributed by atoms with Gasteiger partial charge in [0.05, 0.1) is 25.6 Å². The normalized spacial score (nSPS) is 10.9. The molecule has 1 heterocycles. The first-order valence-electron chi connectivity index (χ1n) is 8.51. The van der Waals surface area contributed by atoms with Crippen LogP contribution in [0.1, 0.15) is 18.9 Å². The minimum absolute atomic E-state index is 0.553. The van der Waals surface area contributed by atoms with Crippen molar-refractivity contribution in [1.29, 1.82) is 0 Å². The molecule has 0 radical (unpaired) electrons. The van der Waals surface area contributed by atoms with Gasteiger partial charge < -0.3 is 9.47 Å². The third-order valence-corrected chi connectivity index (χ3v) is 4.62. The van der Waals surface area contributed by atoms with E-state index in [4.69, 9.17) is 21.1 Å². The van der Waals surface area contributed by atoms with E-state index in [-0.39, 0.29) is 0 Å². The van der Waals surface area contributed by atoms with Crippen LogP contribution in [0.4, 0.5) is 5.13 Å². The molecule has 7 heteroatoms. The van der Waals surface area contributed by atoms with E-state index in [9.17, 15) is 0 Å². The number of halogens is 1. The molecule has 0 aliphatic carbocycles. The molecule has 0 unspecified atom stereocenters. The van der Waals surface area contributed by atoms with Crippen molar-refractivity contribution in [2.45, 2.75) is 13.3 Å². The average molecular weight is 402 g/mol. The van der Waals surface area contributed by atoms with Gasteiger partial charge in [0.25, 0.3) is 0 Å². The first-order chi connectivity index (χ1) is 13.2. The molecule has 1 N–H and O–H groups in total. The van der Waals surface area contributed by atoms with Crippen LogP contribution in [-0.2, 0) is 0 Å². The van der Waals surface area contributed by atoms with Crippen LogP contribution in [0.25, 0.3) is 11.3 Å². The summed E-state index contributed by atoms with van der Waals surface area (Å²) in [6.45, 7) is 2.63. The van der Waals surface area contributed by atoms with Gasteiger partial charge >= 0.3 is 0 Å². The highest BCUT2D eigenvalue weighted by Crippen LogP contribution is 2.34. The Morgan fingerprint density at radius 1 is 1.26 bits per heavy atom. The Bertz CT molecular complexity index is 913. The van der Waals surface area contributed by atoms with Gasteiger partial charge in [-0.25, -0.2) is 4.98 Å². The summed E-state index contributed by atoms with van der Waals surface area (Å²) in [7, 11) is 1.59. The predicted molar refractivity (Wildman–Crippen MR) is 113 cm³/mol. The second-order valence-electron chi connectivity index (χ2n) is 5.65. The number of thiazole rings is 1. The second kappa shape index (κ2) is 9.39. The zero-order chi connectivity index (χ0) is 19.1. The maximum Gasteiger partial charge on any atom is 0.203 e. The zero-order valence-corrected chi connectivity index (χ0v) is 16.7. The average Bonchev–Trinajstić information content (AvgIpc) is 3.16. The number of hydrazone groups is 1. The fourth-order valence-electron chi connectivity index (χ4n) is 2.42. The van der Waals surface area contributed by atoms with Crippen molar-refractivity contribution in [1.82, 2.24) is 4.98 Å². The van der Waals surface area contributed by atoms with E-state index in [0.717, 1.165) is 23.2 Å². The summed E-state index contributed by atoms with van der Waals surface area (Å²) >= 11 is 7.66. The smallest absolute Gasteiger partial charge is 0.203 e. The summed E-state index contributed by atoms with van der Waals surface area (Å²) < 4.78 is 11.2. The molecule has 0 spiro atoms. The van der Waals surface area contributed by atoms with Crippen LogP contribution in [0.2, 0.25) is 5.02 Å². The topological polar surface area (TPSA) is 55.7 Å². The quantitative estimate of drug-likeness (QED) is 0.388. The molecule has 0 atom stereocenters. The lowest BCUT2D eigenvalue weighted by Gasteiger charge is -2.13. The van der Waals surface area contributed by atoms with E-state index in [1.807, 2.05) is 42.6 Å². The number of ether oxygens (including phenoxy) is 2. The van der Waals surface area contributed by atoms with Crippen LogP contribution in [-0.4, -0.2) is 24.9 Å². The Balaban J connectivity index is 1.76. The van der Waals surface area contributed by atoms with E-state index in [0.29, 0.717) is 28.3 Å². The van der Waals surface area contributed by atoms with Crippen LogP contribution in [0.5, 0.6) is 11.5 Å². The molecule has 3 rings (SSSR count). The molecule has 0 bridgehead atoms. The molecule has 5 nitrogen and oxygen atoms in total. The highest BCUT2D eigenvalue weighted by molar-refractivity contribution is 7.14. The minimum Gasteiger partial charge on any atom is -0.493 e. The Hall–Kier alpha value is -2.57. The van der Waals surface area contributed by atoms with Gasteiger partial charge in [0.15, 0.2) is 11.5 Å². The van der Waals surface area contributed by atoms with Gasteiger partial charge in [-0.1, -0.05) is 48.9 Å². The molecule has 1 aromatic heterocycles. The van der Waals surface area contributed by atoms with Gasteiger partial charge in [0.1, 0.15) is 0 Å². The molecule has 0 saturated heterocycles. The third-order valence-electron chi connectivity index (χ3n) is 3.66. The maximum atomic E-state index is 6.17. The lowest BCUT2D eigenvalue weighted by molar-refractivity contribution is 0.294. The second-order valence-corrected chi connectivity index (χ2v) is 6.94. The SMILES string of the molecule is CCCOc1c(C=NNc2nc(-c3ccccc3)cs2)cc(Cl)cc1OC. The van der Waals surface area contributed by atoms with E-state index in [1.54, 1.807) is 25.5 Å². The van der Waals surface area contributed by atoms with Crippen molar-refractivity contribution in [3.63, 3.8) is 0 Å². The fourth-order valence-corrected chi connectivity index (χ4v) is 3.30. The van der Waals surface area contributed by atoms with Crippen molar-refractivity contribution >= 4 is 34.3 Å². The number of rotatable bonds is 8. The molecule has 2 aromatic carbocycles. The van der Waals surface area contributed by atoms with Crippen molar-refractivity contribution in [3.05, 3.63) is 58.4 Å². The molecule has 0 fully saturated rings. The fraction of sp³-hybridized carbons (Fsp3) is 0.200. The predicted octanol–water partition coefficient (Wildman–Crippen LogP) is 5.71. The van der Waals surface area contributed by atoms with E-state index >= 15 is 0 Å². The maximum absolute atomic E-state index is 6.17. The van der Waals surface area contributed by atoms with Gasteiger partial charge in [-0.2, -0.15) is 5.10 Å². The van der Waals surface area contributed by atoms with Crippen LogP contribution in [0.15, 0.2) is 52.9 Å². The van der Waals surface area contributed by atoms with Gasteiger partial charge in [-0.15, -0.1) is 11.3 Å². The van der Waals surface area contributed by atoms with E-state index in [2.05, 4.69) is 15.5 Å². The lowest BCUT2D eigenvalue weighted by Crippen LogP contribution is -2.02. The molecule has 0 aliphatic heterocycles. The summed E-state index contributed by atoms with van der Waals surface area (Å²) in [6, 6.07) is 13.5. The summed E-state index contributed by atoms with van der Waals surface area (Å²) in [5.74, 6) is 1.21. The van der Waals surface area contributed by atoms with E-state index in [1.165, 1.54) is 11.3 Å². The monoisotopic (exact) mass is 401 g/mol. The number of anilines is 1. The Morgan fingerprint density at radius 2 is 2.07 bits per heavy atom. The van der Waals surface area contributed by atoms with Crippen molar-refractivity contribution in [2.75, 3.05) is 19.1 Å². The number of benzene rings is 2. The molecule has 3 aromatic rings. The molecular formula is C20H20ClN3O2S. The lowest BCUT2D eigenvalue weighted by atomic mass is 10.2. The molecule has 0 saturated carbocycles. The first-order valence-corrected chi connectivity index (χ1v) is 9.77. The molecule has 0 aliphatic rings. The Kier molecular flexibility index (Phi) is 6.68. The number of nitrogens with one attached hydrogen (secondary N) is 1.